The van der Waals surface area contributed by atoms with E-state index >= 15 is 0 Å². The summed E-state index contributed by atoms with van der Waals surface area (Å²) < 4.78 is 5.38. The first-order chi connectivity index (χ1) is 6.57. The van der Waals surface area contributed by atoms with Crippen LogP contribution in [-0.2, 0) is 4.74 Å². The zero-order valence-electron chi connectivity index (χ0n) is 9.33. The van der Waals surface area contributed by atoms with Crippen LogP contribution in [0.25, 0.3) is 0 Å². The van der Waals surface area contributed by atoms with Crippen molar-refractivity contribution in [3.05, 3.63) is 0 Å². The van der Waals surface area contributed by atoms with Crippen molar-refractivity contribution in [3.8, 4) is 0 Å². The van der Waals surface area contributed by atoms with E-state index < -0.39 is 0 Å². The molecule has 2 rings (SSSR count). The Balaban J connectivity index is 1.81. The number of hydrogen-bond acceptors (Lipinski definition) is 3. The molecule has 2 fully saturated rings. The minimum Gasteiger partial charge on any atom is -0.379 e. The molecular weight excluding hydrogens is 176 g/mol. The molecule has 0 radical (unpaired) electrons. The van der Waals surface area contributed by atoms with Gasteiger partial charge < -0.3 is 15.4 Å². The van der Waals surface area contributed by atoms with Gasteiger partial charge in [-0.15, -0.1) is 0 Å². The predicted octanol–water partition coefficient (Wildman–Crippen LogP) is 0.692. The summed E-state index contributed by atoms with van der Waals surface area (Å²) in [7, 11) is 0. The SMILES string of the molecule is CC1(C)CCN(CC2COCC2N)C1. The lowest BCUT2D eigenvalue weighted by atomic mass is 9.93. The highest BCUT2D eigenvalue weighted by Crippen LogP contribution is 2.29. The Bertz CT molecular complexity index is 205. The average molecular weight is 198 g/mol. The van der Waals surface area contributed by atoms with Crippen LogP contribution in [-0.4, -0.2) is 43.8 Å². The first kappa shape index (κ1) is 10.4. The van der Waals surface area contributed by atoms with Crippen molar-refractivity contribution in [2.75, 3.05) is 32.8 Å². The molecule has 2 aliphatic heterocycles. The molecule has 82 valence electrons. The largest absolute Gasteiger partial charge is 0.379 e. The molecule has 0 aromatic rings. The van der Waals surface area contributed by atoms with Crippen LogP contribution in [0.15, 0.2) is 0 Å². The molecule has 0 aromatic carbocycles. The fraction of sp³-hybridized carbons (Fsp3) is 1.00. The van der Waals surface area contributed by atoms with Gasteiger partial charge in [-0.2, -0.15) is 0 Å². The molecule has 0 aliphatic carbocycles. The van der Waals surface area contributed by atoms with Gasteiger partial charge in [0.25, 0.3) is 0 Å². The maximum absolute atomic E-state index is 5.97. The highest BCUT2D eigenvalue weighted by Gasteiger charge is 2.33. The standard InChI is InChI=1S/C11H22N2O/c1-11(2)3-4-13(8-11)5-9-6-14-7-10(9)12/h9-10H,3-8,12H2,1-2H3. The maximum atomic E-state index is 5.97. The van der Waals surface area contributed by atoms with E-state index in [1.54, 1.807) is 0 Å². The summed E-state index contributed by atoms with van der Waals surface area (Å²) in [5.74, 6) is 0.559. The fourth-order valence-corrected chi connectivity index (χ4v) is 2.51. The van der Waals surface area contributed by atoms with Crippen molar-refractivity contribution in [2.45, 2.75) is 26.3 Å². The quantitative estimate of drug-likeness (QED) is 0.709. The lowest BCUT2D eigenvalue weighted by Gasteiger charge is -2.23. The summed E-state index contributed by atoms with van der Waals surface area (Å²) in [5.41, 5.74) is 6.48. The summed E-state index contributed by atoms with van der Waals surface area (Å²) >= 11 is 0. The molecule has 2 aliphatic rings. The van der Waals surface area contributed by atoms with Gasteiger partial charge in [0.1, 0.15) is 0 Å². The van der Waals surface area contributed by atoms with Crippen LogP contribution in [0.5, 0.6) is 0 Å². The van der Waals surface area contributed by atoms with Crippen molar-refractivity contribution in [1.29, 1.82) is 0 Å². The normalized spacial score (nSPS) is 37.9. The first-order valence-corrected chi connectivity index (χ1v) is 5.62. The molecule has 0 saturated carbocycles. The van der Waals surface area contributed by atoms with Gasteiger partial charge in [0.15, 0.2) is 0 Å². The van der Waals surface area contributed by atoms with E-state index in [2.05, 4.69) is 18.7 Å². The number of rotatable bonds is 2. The van der Waals surface area contributed by atoms with Gasteiger partial charge in [-0.1, -0.05) is 13.8 Å². The monoisotopic (exact) mass is 198 g/mol. The number of nitrogens with zero attached hydrogens (tertiary/aromatic N) is 1. The summed E-state index contributed by atoms with van der Waals surface area (Å²) in [6.45, 7) is 9.88. The number of nitrogens with two attached hydrogens (primary N) is 1. The molecular formula is C11H22N2O. The Hall–Kier alpha value is -0.120. The first-order valence-electron chi connectivity index (χ1n) is 5.62. The van der Waals surface area contributed by atoms with Crippen molar-refractivity contribution in [2.24, 2.45) is 17.1 Å². The third-order valence-corrected chi connectivity index (χ3v) is 3.50. The third kappa shape index (κ3) is 2.27. The highest BCUT2D eigenvalue weighted by atomic mass is 16.5. The zero-order chi connectivity index (χ0) is 10.2. The topological polar surface area (TPSA) is 38.5 Å². The Kier molecular flexibility index (Phi) is 2.82. The average Bonchev–Trinajstić information content (AvgIpc) is 2.61. The van der Waals surface area contributed by atoms with E-state index in [9.17, 15) is 0 Å². The summed E-state index contributed by atoms with van der Waals surface area (Å²) in [6, 6.07) is 0.263. The van der Waals surface area contributed by atoms with Gasteiger partial charge in [0.2, 0.25) is 0 Å². The van der Waals surface area contributed by atoms with Crippen LogP contribution in [0.3, 0.4) is 0 Å². The molecule has 2 N–H and O–H groups in total. The van der Waals surface area contributed by atoms with Gasteiger partial charge in [-0.3, -0.25) is 0 Å². The molecule has 2 unspecified atom stereocenters. The number of ether oxygens (including phenoxy) is 1. The molecule has 2 saturated heterocycles. The van der Waals surface area contributed by atoms with E-state index in [-0.39, 0.29) is 6.04 Å². The smallest absolute Gasteiger partial charge is 0.0621 e. The highest BCUT2D eigenvalue weighted by molar-refractivity contribution is 4.87. The number of likely N-dealkylation sites (tertiary alicyclic amines) is 1. The van der Waals surface area contributed by atoms with Crippen LogP contribution < -0.4 is 5.73 Å². The fourth-order valence-electron chi connectivity index (χ4n) is 2.51. The molecule has 2 heterocycles. The van der Waals surface area contributed by atoms with Crippen molar-refractivity contribution < 1.29 is 4.74 Å². The second kappa shape index (κ2) is 3.80. The van der Waals surface area contributed by atoms with Crippen molar-refractivity contribution in [1.82, 2.24) is 4.90 Å². The van der Waals surface area contributed by atoms with Gasteiger partial charge in [0.05, 0.1) is 13.2 Å². The van der Waals surface area contributed by atoms with Crippen molar-refractivity contribution in [3.63, 3.8) is 0 Å². The zero-order valence-corrected chi connectivity index (χ0v) is 9.33. The van der Waals surface area contributed by atoms with Crippen LogP contribution in [0.1, 0.15) is 20.3 Å². The minimum absolute atomic E-state index is 0.263. The Labute approximate surface area is 86.6 Å². The van der Waals surface area contributed by atoms with Crippen LogP contribution in [0.4, 0.5) is 0 Å². The molecule has 3 nitrogen and oxygen atoms in total. The molecule has 0 aromatic heterocycles. The Morgan fingerprint density at radius 2 is 2.21 bits per heavy atom. The van der Waals surface area contributed by atoms with Gasteiger partial charge in [-0.25, -0.2) is 0 Å². The van der Waals surface area contributed by atoms with E-state index in [1.165, 1.54) is 19.5 Å². The lowest BCUT2D eigenvalue weighted by Crippen LogP contribution is -2.38. The second-order valence-corrected chi connectivity index (χ2v) is 5.61. The molecule has 0 spiro atoms. The summed E-state index contributed by atoms with van der Waals surface area (Å²) in [6.07, 6.45) is 1.32. The van der Waals surface area contributed by atoms with Crippen LogP contribution >= 0.6 is 0 Å². The second-order valence-electron chi connectivity index (χ2n) is 5.61. The Morgan fingerprint density at radius 1 is 1.43 bits per heavy atom. The third-order valence-electron chi connectivity index (χ3n) is 3.50. The predicted molar refractivity (Wildman–Crippen MR) is 57.1 cm³/mol. The molecule has 14 heavy (non-hydrogen) atoms. The van der Waals surface area contributed by atoms with Gasteiger partial charge in [0, 0.05) is 25.0 Å². The van der Waals surface area contributed by atoms with E-state index in [0.29, 0.717) is 11.3 Å². The summed E-state index contributed by atoms with van der Waals surface area (Å²) in [4.78, 5) is 2.54. The summed E-state index contributed by atoms with van der Waals surface area (Å²) in [5, 5.41) is 0. The molecule has 0 bridgehead atoms. The van der Waals surface area contributed by atoms with Gasteiger partial charge >= 0.3 is 0 Å². The number of hydrogen-bond donors (Lipinski definition) is 1. The van der Waals surface area contributed by atoms with Crippen LogP contribution in [0.2, 0.25) is 0 Å². The van der Waals surface area contributed by atoms with Crippen LogP contribution in [0, 0.1) is 11.3 Å². The van der Waals surface area contributed by atoms with E-state index in [1.807, 2.05) is 0 Å². The van der Waals surface area contributed by atoms with Crippen molar-refractivity contribution >= 4 is 0 Å². The van der Waals surface area contributed by atoms with E-state index in [4.69, 9.17) is 10.5 Å². The van der Waals surface area contributed by atoms with E-state index in [0.717, 1.165) is 19.8 Å². The maximum Gasteiger partial charge on any atom is 0.0621 e. The minimum atomic E-state index is 0.263. The molecule has 3 heteroatoms. The lowest BCUT2D eigenvalue weighted by molar-refractivity contribution is 0.171. The molecule has 0 amide bonds. The van der Waals surface area contributed by atoms with Gasteiger partial charge in [-0.05, 0) is 18.4 Å². The molecule has 2 atom stereocenters. The Morgan fingerprint density at radius 3 is 2.71 bits per heavy atom.